The molecule has 3 nitrogen and oxygen atoms in total. The summed E-state index contributed by atoms with van der Waals surface area (Å²) in [5.41, 5.74) is 2.39. The van der Waals surface area contributed by atoms with Crippen molar-refractivity contribution in [2.24, 2.45) is 4.99 Å². The van der Waals surface area contributed by atoms with E-state index in [9.17, 15) is 4.79 Å². The number of aromatic carboxylic acids is 1. The molecule has 0 fully saturated rings. The monoisotopic (exact) mass is 273 g/mol. The lowest BCUT2D eigenvalue weighted by Crippen LogP contribution is -2.01. The molecule has 0 saturated carbocycles. The van der Waals surface area contributed by atoms with Gasteiger partial charge in [0, 0.05) is 16.8 Å². The molecular weight excluding hydrogens is 262 g/mol. The Bertz CT molecular complexity index is 650. The highest BCUT2D eigenvalue weighted by Crippen LogP contribution is 2.25. The number of rotatable bonds is 3. The Morgan fingerprint density at radius 2 is 1.95 bits per heavy atom. The highest BCUT2D eigenvalue weighted by atomic mass is 35.5. The quantitative estimate of drug-likeness (QED) is 0.856. The highest BCUT2D eigenvalue weighted by Gasteiger charge is 2.07. The zero-order valence-corrected chi connectivity index (χ0v) is 11.1. The summed E-state index contributed by atoms with van der Waals surface area (Å²) in [6.07, 6.45) is 1.54. The second-order valence-electron chi connectivity index (χ2n) is 4.03. The Kier molecular flexibility index (Phi) is 3.97. The fourth-order valence-electron chi connectivity index (χ4n) is 1.68. The molecule has 0 aliphatic rings. The molecule has 2 aromatic rings. The van der Waals surface area contributed by atoms with Gasteiger partial charge in [-0.1, -0.05) is 35.9 Å². The molecule has 0 saturated heterocycles. The number of carboxylic acids is 1. The molecule has 0 aromatic heterocycles. The van der Waals surface area contributed by atoms with Gasteiger partial charge < -0.3 is 5.11 Å². The molecular formula is C15H12ClNO2. The molecule has 0 aliphatic heterocycles. The van der Waals surface area contributed by atoms with Gasteiger partial charge in [-0.15, -0.1) is 0 Å². The third-order valence-electron chi connectivity index (χ3n) is 2.77. The number of hydrogen-bond donors (Lipinski definition) is 1. The van der Waals surface area contributed by atoms with Gasteiger partial charge in [-0.2, -0.15) is 0 Å². The molecule has 0 atom stereocenters. The molecule has 96 valence electrons. The first-order valence-corrected chi connectivity index (χ1v) is 6.09. The van der Waals surface area contributed by atoms with E-state index >= 15 is 0 Å². The van der Waals surface area contributed by atoms with E-state index in [2.05, 4.69) is 4.99 Å². The summed E-state index contributed by atoms with van der Waals surface area (Å²) in [5, 5.41) is 9.72. The number of halogens is 1. The molecule has 0 bridgehead atoms. The highest BCUT2D eigenvalue weighted by molar-refractivity contribution is 6.31. The number of hydrogen-bond acceptors (Lipinski definition) is 2. The zero-order valence-electron chi connectivity index (χ0n) is 10.3. The SMILES string of the molecule is Cc1c(Cl)cccc1/N=C\c1ccccc1C(=O)O. The zero-order chi connectivity index (χ0) is 13.8. The molecule has 0 spiro atoms. The lowest BCUT2D eigenvalue weighted by Gasteiger charge is -2.03. The molecule has 0 radical (unpaired) electrons. The minimum atomic E-state index is -0.968. The number of carboxylic acid groups (broad SMARTS) is 1. The average molecular weight is 274 g/mol. The number of carbonyl (C=O) groups is 1. The number of aliphatic imine (C=N–C) groups is 1. The van der Waals surface area contributed by atoms with E-state index in [0.717, 1.165) is 11.3 Å². The van der Waals surface area contributed by atoms with E-state index in [0.29, 0.717) is 10.6 Å². The van der Waals surface area contributed by atoms with Crippen LogP contribution in [0.1, 0.15) is 21.5 Å². The van der Waals surface area contributed by atoms with Gasteiger partial charge in [-0.25, -0.2) is 4.79 Å². The molecule has 0 amide bonds. The lowest BCUT2D eigenvalue weighted by molar-refractivity contribution is 0.0697. The van der Waals surface area contributed by atoms with E-state index in [-0.39, 0.29) is 5.56 Å². The van der Waals surface area contributed by atoms with E-state index in [4.69, 9.17) is 16.7 Å². The summed E-state index contributed by atoms with van der Waals surface area (Å²) in [5.74, 6) is -0.968. The van der Waals surface area contributed by atoms with E-state index in [1.165, 1.54) is 0 Å². The first-order valence-electron chi connectivity index (χ1n) is 5.71. The third kappa shape index (κ3) is 3.01. The Balaban J connectivity index is 2.38. The van der Waals surface area contributed by atoms with Crippen molar-refractivity contribution in [1.82, 2.24) is 0 Å². The predicted octanol–water partition coefficient (Wildman–Crippen LogP) is 4.10. The molecule has 19 heavy (non-hydrogen) atoms. The molecule has 1 N–H and O–H groups in total. The largest absolute Gasteiger partial charge is 0.478 e. The van der Waals surface area contributed by atoms with Crippen molar-refractivity contribution in [3.05, 3.63) is 64.2 Å². The molecule has 0 heterocycles. The van der Waals surface area contributed by atoms with E-state index in [1.807, 2.05) is 19.1 Å². The van der Waals surface area contributed by atoms with Crippen LogP contribution >= 0.6 is 11.6 Å². The Labute approximate surface area is 116 Å². The van der Waals surface area contributed by atoms with Crippen LogP contribution in [0.3, 0.4) is 0 Å². The molecule has 2 aromatic carbocycles. The summed E-state index contributed by atoms with van der Waals surface area (Å²) in [6.45, 7) is 1.87. The number of benzene rings is 2. The van der Waals surface area contributed by atoms with Gasteiger partial charge in [0.15, 0.2) is 0 Å². The van der Waals surface area contributed by atoms with Gasteiger partial charge in [0.05, 0.1) is 11.3 Å². The van der Waals surface area contributed by atoms with Gasteiger partial charge in [-0.3, -0.25) is 4.99 Å². The first kappa shape index (κ1) is 13.3. The van der Waals surface area contributed by atoms with Crippen LogP contribution in [0, 0.1) is 6.92 Å². The standard InChI is InChI=1S/C15H12ClNO2/c1-10-13(16)7-4-8-14(10)17-9-11-5-2-3-6-12(11)15(18)19/h2-9H,1H3,(H,18,19)/b17-9-. The minimum Gasteiger partial charge on any atom is -0.478 e. The first-order chi connectivity index (χ1) is 9.09. The Morgan fingerprint density at radius 1 is 1.21 bits per heavy atom. The maximum atomic E-state index is 11.1. The van der Waals surface area contributed by atoms with Gasteiger partial charge in [0.25, 0.3) is 0 Å². The van der Waals surface area contributed by atoms with Crippen LogP contribution in [-0.2, 0) is 0 Å². The topological polar surface area (TPSA) is 49.7 Å². The predicted molar refractivity (Wildman–Crippen MR) is 76.8 cm³/mol. The minimum absolute atomic E-state index is 0.228. The van der Waals surface area contributed by atoms with Crippen LogP contribution in [-0.4, -0.2) is 17.3 Å². The van der Waals surface area contributed by atoms with Crippen molar-refractivity contribution >= 4 is 29.5 Å². The summed E-state index contributed by atoms with van der Waals surface area (Å²) in [6, 6.07) is 12.2. The smallest absolute Gasteiger partial charge is 0.336 e. The van der Waals surface area contributed by atoms with Crippen LogP contribution in [0.15, 0.2) is 47.5 Å². The van der Waals surface area contributed by atoms with Crippen LogP contribution < -0.4 is 0 Å². The maximum absolute atomic E-state index is 11.1. The molecule has 0 aliphatic carbocycles. The molecule has 0 unspecified atom stereocenters. The Hall–Kier alpha value is -2.13. The fraction of sp³-hybridized carbons (Fsp3) is 0.0667. The van der Waals surface area contributed by atoms with Crippen molar-refractivity contribution in [1.29, 1.82) is 0 Å². The van der Waals surface area contributed by atoms with E-state index in [1.54, 1.807) is 36.5 Å². The van der Waals surface area contributed by atoms with Crippen molar-refractivity contribution in [2.45, 2.75) is 6.92 Å². The van der Waals surface area contributed by atoms with Crippen molar-refractivity contribution < 1.29 is 9.90 Å². The van der Waals surface area contributed by atoms with Crippen LogP contribution in [0.2, 0.25) is 5.02 Å². The maximum Gasteiger partial charge on any atom is 0.336 e. The summed E-state index contributed by atoms with van der Waals surface area (Å²) in [4.78, 5) is 15.4. The lowest BCUT2D eigenvalue weighted by atomic mass is 10.1. The number of nitrogens with zero attached hydrogens (tertiary/aromatic N) is 1. The summed E-state index contributed by atoms with van der Waals surface area (Å²) < 4.78 is 0. The molecule has 2 rings (SSSR count). The summed E-state index contributed by atoms with van der Waals surface area (Å²) >= 11 is 6.01. The van der Waals surface area contributed by atoms with Gasteiger partial charge in [0.2, 0.25) is 0 Å². The third-order valence-corrected chi connectivity index (χ3v) is 3.18. The second-order valence-corrected chi connectivity index (χ2v) is 4.44. The van der Waals surface area contributed by atoms with Gasteiger partial charge >= 0.3 is 5.97 Å². The molecule has 4 heteroatoms. The van der Waals surface area contributed by atoms with Gasteiger partial charge in [0.1, 0.15) is 0 Å². The van der Waals surface area contributed by atoms with E-state index < -0.39 is 5.97 Å². The van der Waals surface area contributed by atoms with Crippen LogP contribution in [0.5, 0.6) is 0 Å². The average Bonchev–Trinajstić information content (AvgIpc) is 2.40. The Morgan fingerprint density at radius 3 is 2.68 bits per heavy atom. The van der Waals surface area contributed by atoms with Crippen LogP contribution in [0.25, 0.3) is 0 Å². The summed E-state index contributed by atoms with van der Waals surface area (Å²) in [7, 11) is 0. The van der Waals surface area contributed by atoms with Crippen molar-refractivity contribution in [2.75, 3.05) is 0 Å². The van der Waals surface area contributed by atoms with Crippen molar-refractivity contribution in [3.63, 3.8) is 0 Å². The normalized spacial score (nSPS) is 10.8. The van der Waals surface area contributed by atoms with Crippen molar-refractivity contribution in [3.8, 4) is 0 Å². The fourth-order valence-corrected chi connectivity index (χ4v) is 1.85. The van der Waals surface area contributed by atoms with Gasteiger partial charge in [-0.05, 0) is 30.7 Å². The van der Waals surface area contributed by atoms with Crippen LogP contribution in [0.4, 0.5) is 5.69 Å². The second kappa shape index (κ2) is 5.67.